The van der Waals surface area contributed by atoms with E-state index in [0.29, 0.717) is 6.61 Å². The molecule has 1 heterocycles. The maximum absolute atomic E-state index is 12.0. The third kappa shape index (κ3) is 3.76. The van der Waals surface area contributed by atoms with Crippen molar-refractivity contribution in [3.8, 4) is 12.3 Å². The molecule has 102 valence electrons. The number of hydrogen-bond donors (Lipinski definition) is 0. The summed E-state index contributed by atoms with van der Waals surface area (Å²) in [5.74, 6) is 2.09. The van der Waals surface area contributed by atoms with Crippen LogP contribution in [0, 0.1) is 12.3 Å². The fourth-order valence-electron chi connectivity index (χ4n) is 1.61. The quantitative estimate of drug-likeness (QED) is 0.586. The number of alkyl halides is 2. The van der Waals surface area contributed by atoms with Crippen LogP contribution in [0.5, 0.6) is 0 Å². The molecule has 0 aromatic heterocycles. The Labute approximate surface area is 118 Å². The molecule has 0 aromatic carbocycles. The number of terminal acetylenes is 1. The van der Waals surface area contributed by atoms with Crippen molar-refractivity contribution in [3.63, 3.8) is 0 Å². The molecule has 0 aromatic rings. The summed E-state index contributed by atoms with van der Waals surface area (Å²) in [6.45, 7) is 6.06. The number of hydrogen-bond acceptors (Lipinski definition) is 3. The molecule has 2 atom stereocenters. The molecule has 0 spiro atoms. The normalized spacial score (nSPS) is 24.1. The smallest absolute Gasteiger partial charge is 0.257 e. The van der Waals surface area contributed by atoms with Crippen LogP contribution in [0.15, 0.2) is 0 Å². The summed E-state index contributed by atoms with van der Waals surface area (Å²) in [5, 5.41) is 0. The zero-order chi connectivity index (χ0) is 13.9. The molecule has 0 radical (unpaired) electrons. The summed E-state index contributed by atoms with van der Waals surface area (Å²) in [6, 6.07) is 0. The van der Waals surface area contributed by atoms with Crippen LogP contribution in [0.4, 0.5) is 0 Å². The van der Waals surface area contributed by atoms with Crippen LogP contribution in [0.3, 0.4) is 0 Å². The molecule has 0 aliphatic carbocycles. The molecule has 0 bridgehead atoms. The molecule has 6 heteroatoms. The molecule has 1 rings (SSSR count). The van der Waals surface area contributed by atoms with Gasteiger partial charge in [0, 0.05) is 0 Å². The van der Waals surface area contributed by atoms with Gasteiger partial charge in [0.1, 0.15) is 0 Å². The Balaban J connectivity index is 2.79. The zero-order valence-electron chi connectivity index (χ0n) is 10.7. The molecule has 18 heavy (non-hydrogen) atoms. The monoisotopic (exact) mass is 293 g/mol. The molecular formula is C12H17Cl2NO3. The van der Waals surface area contributed by atoms with Crippen molar-refractivity contribution >= 4 is 29.1 Å². The van der Waals surface area contributed by atoms with Crippen molar-refractivity contribution in [2.75, 3.05) is 13.2 Å². The van der Waals surface area contributed by atoms with Gasteiger partial charge in [0.05, 0.1) is 24.8 Å². The predicted octanol–water partition coefficient (Wildman–Crippen LogP) is 1.79. The second-order valence-corrected chi connectivity index (χ2v) is 5.76. The van der Waals surface area contributed by atoms with E-state index in [-0.39, 0.29) is 12.6 Å². The first-order valence-corrected chi connectivity index (χ1v) is 6.49. The highest BCUT2D eigenvalue weighted by Crippen LogP contribution is 2.21. The number of rotatable bonds is 4. The van der Waals surface area contributed by atoms with Crippen molar-refractivity contribution in [2.24, 2.45) is 0 Å². The highest BCUT2D eigenvalue weighted by molar-refractivity contribution is 6.53. The SMILES string of the molecule is C#CC(C)(C)N(CC1OCC(C)O1)C(=O)C(Cl)Cl. The van der Waals surface area contributed by atoms with Crippen molar-refractivity contribution in [1.29, 1.82) is 0 Å². The van der Waals surface area contributed by atoms with Crippen molar-refractivity contribution in [1.82, 2.24) is 4.90 Å². The topological polar surface area (TPSA) is 38.8 Å². The van der Waals surface area contributed by atoms with Crippen LogP contribution in [0.25, 0.3) is 0 Å². The average Bonchev–Trinajstić information content (AvgIpc) is 2.70. The molecule has 2 unspecified atom stereocenters. The number of carbonyl (C=O) groups excluding carboxylic acids is 1. The number of carbonyl (C=O) groups is 1. The highest BCUT2D eigenvalue weighted by atomic mass is 35.5. The minimum atomic E-state index is -1.16. The lowest BCUT2D eigenvalue weighted by atomic mass is 10.0. The minimum Gasteiger partial charge on any atom is -0.348 e. The maximum Gasteiger partial charge on any atom is 0.257 e. The van der Waals surface area contributed by atoms with Gasteiger partial charge in [-0.1, -0.05) is 29.1 Å². The van der Waals surface area contributed by atoms with E-state index in [2.05, 4.69) is 5.92 Å². The first-order chi connectivity index (χ1) is 8.27. The first kappa shape index (κ1) is 15.6. The standard InChI is InChI=1S/C12H17Cl2NO3/c1-5-12(3,4)15(11(16)10(13)14)6-9-17-7-8(2)18-9/h1,8-10H,6-7H2,2-4H3. The summed E-state index contributed by atoms with van der Waals surface area (Å²) in [6.07, 6.45) is 4.94. The van der Waals surface area contributed by atoms with E-state index in [1.807, 2.05) is 6.92 Å². The van der Waals surface area contributed by atoms with Crippen LogP contribution in [0.2, 0.25) is 0 Å². The van der Waals surface area contributed by atoms with Crippen LogP contribution in [-0.2, 0) is 14.3 Å². The van der Waals surface area contributed by atoms with Gasteiger partial charge in [-0.3, -0.25) is 4.79 Å². The van der Waals surface area contributed by atoms with Gasteiger partial charge < -0.3 is 14.4 Å². The van der Waals surface area contributed by atoms with Crippen molar-refractivity contribution < 1.29 is 14.3 Å². The van der Waals surface area contributed by atoms with E-state index in [1.54, 1.807) is 13.8 Å². The fourth-order valence-corrected chi connectivity index (χ4v) is 1.85. The molecule has 1 fully saturated rings. The molecular weight excluding hydrogens is 277 g/mol. The number of halogens is 2. The van der Waals surface area contributed by atoms with E-state index in [9.17, 15) is 4.79 Å². The molecule has 0 N–H and O–H groups in total. The van der Waals surface area contributed by atoms with Crippen LogP contribution >= 0.6 is 23.2 Å². The van der Waals surface area contributed by atoms with Gasteiger partial charge in [-0.15, -0.1) is 6.42 Å². The second-order valence-electron chi connectivity index (χ2n) is 4.66. The number of nitrogens with zero attached hydrogens (tertiary/aromatic N) is 1. The van der Waals surface area contributed by atoms with E-state index < -0.39 is 22.6 Å². The van der Waals surface area contributed by atoms with Crippen LogP contribution < -0.4 is 0 Å². The predicted molar refractivity (Wildman–Crippen MR) is 70.4 cm³/mol. The maximum atomic E-state index is 12.0. The van der Waals surface area contributed by atoms with Crippen molar-refractivity contribution in [2.45, 2.75) is 43.5 Å². The van der Waals surface area contributed by atoms with E-state index in [4.69, 9.17) is 39.1 Å². The van der Waals surface area contributed by atoms with E-state index in [0.717, 1.165) is 0 Å². The lowest BCUT2D eigenvalue weighted by Crippen LogP contribution is -2.52. The molecule has 1 aliphatic rings. The van der Waals surface area contributed by atoms with Crippen LogP contribution in [0.1, 0.15) is 20.8 Å². The van der Waals surface area contributed by atoms with Gasteiger partial charge in [0.2, 0.25) is 0 Å². The Morgan fingerprint density at radius 3 is 2.61 bits per heavy atom. The van der Waals surface area contributed by atoms with Crippen molar-refractivity contribution in [3.05, 3.63) is 0 Å². The summed E-state index contributed by atoms with van der Waals surface area (Å²) in [7, 11) is 0. The zero-order valence-corrected chi connectivity index (χ0v) is 12.2. The van der Waals surface area contributed by atoms with E-state index >= 15 is 0 Å². The van der Waals surface area contributed by atoms with Gasteiger partial charge in [-0.2, -0.15) is 0 Å². The largest absolute Gasteiger partial charge is 0.348 e. The van der Waals surface area contributed by atoms with Gasteiger partial charge in [0.15, 0.2) is 11.1 Å². The molecule has 1 amide bonds. The Hall–Kier alpha value is -0.470. The summed E-state index contributed by atoms with van der Waals surface area (Å²) in [4.78, 5) is 12.2. The van der Waals surface area contributed by atoms with Gasteiger partial charge in [0.25, 0.3) is 5.91 Å². The second kappa shape index (κ2) is 6.12. The summed E-state index contributed by atoms with van der Waals surface area (Å²) >= 11 is 11.2. The van der Waals surface area contributed by atoms with Crippen LogP contribution in [-0.4, -0.2) is 46.7 Å². The van der Waals surface area contributed by atoms with Gasteiger partial charge >= 0.3 is 0 Å². The third-order valence-electron chi connectivity index (χ3n) is 2.71. The Morgan fingerprint density at radius 2 is 2.22 bits per heavy atom. The summed E-state index contributed by atoms with van der Waals surface area (Å²) < 4.78 is 10.9. The average molecular weight is 294 g/mol. The minimum absolute atomic E-state index is 0.00343. The highest BCUT2D eigenvalue weighted by Gasteiger charge is 2.36. The fraction of sp³-hybridized carbons (Fsp3) is 0.750. The van der Waals surface area contributed by atoms with Gasteiger partial charge in [-0.05, 0) is 20.8 Å². The lowest BCUT2D eigenvalue weighted by molar-refractivity contribution is -0.141. The Morgan fingerprint density at radius 1 is 1.61 bits per heavy atom. The summed E-state index contributed by atoms with van der Waals surface area (Å²) in [5.41, 5.74) is -0.808. The first-order valence-electron chi connectivity index (χ1n) is 5.62. The Bertz CT molecular complexity index is 352. The number of amides is 1. The van der Waals surface area contributed by atoms with Gasteiger partial charge in [-0.25, -0.2) is 0 Å². The molecule has 1 aliphatic heterocycles. The molecule has 1 saturated heterocycles. The third-order valence-corrected chi connectivity index (χ3v) is 3.09. The molecule has 4 nitrogen and oxygen atoms in total. The molecule has 0 saturated carbocycles. The Kier molecular flexibility index (Phi) is 5.30. The van der Waals surface area contributed by atoms with E-state index in [1.165, 1.54) is 4.90 Å². The number of ether oxygens (including phenoxy) is 2. The lowest BCUT2D eigenvalue weighted by Gasteiger charge is -2.36.